The summed E-state index contributed by atoms with van der Waals surface area (Å²) in [6, 6.07) is 5.79. The van der Waals surface area contributed by atoms with Crippen molar-refractivity contribution in [1.82, 2.24) is 15.6 Å². The van der Waals surface area contributed by atoms with Gasteiger partial charge in [-0.1, -0.05) is 11.6 Å². The largest absolute Gasteiger partial charge is 0.361 e. The molecule has 0 aliphatic rings. The highest BCUT2D eigenvalue weighted by Gasteiger charge is 2.05. The van der Waals surface area contributed by atoms with E-state index in [1.54, 1.807) is 0 Å². The Hall–Kier alpha value is -1.52. The maximum absolute atomic E-state index is 11.6. The minimum atomic E-state index is 0.109. The van der Waals surface area contributed by atoms with E-state index >= 15 is 0 Å². The van der Waals surface area contributed by atoms with Crippen LogP contribution < -0.4 is 10.6 Å². The van der Waals surface area contributed by atoms with Gasteiger partial charge in [-0.25, -0.2) is 0 Å². The minimum absolute atomic E-state index is 0.109. The standard InChI is InChI=1S/C15H20ClN3O/c1-17-7-2-3-15(20)18-8-6-11-10-19-14-5-4-12(16)9-13(11)14/h4-5,9-10,17,19H,2-3,6-8H2,1H3,(H,18,20). The number of hydrogen-bond donors (Lipinski definition) is 3. The molecule has 0 bridgehead atoms. The average Bonchev–Trinajstić information content (AvgIpc) is 2.82. The number of aromatic amines is 1. The Kier molecular flexibility index (Phi) is 5.44. The first-order valence-corrected chi connectivity index (χ1v) is 7.25. The van der Waals surface area contributed by atoms with Crippen LogP contribution >= 0.6 is 11.6 Å². The number of carbonyl (C=O) groups is 1. The summed E-state index contributed by atoms with van der Waals surface area (Å²) in [5.41, 5.74) is 2.25. The summed E-state index contributed by atoms with van der Waals surface area (Å²) in [5.74, 6) is 0.109. The third kappa shape index (κ3) is 3.99. The van der Waals surface area contributed by atoms with E-state index < -0.39 is 0 Å². The van der Waals surface area contributed by atoms with Crippen molar-refractivity contribution in [1.29, 1.82) is 0 Å². The lowest BCUT2D eigenvalue weighted by Crippen LogP contribution is -2.26. The first-order valence-electron chi connectivity index (χ1n) is 6.87. The molecule has 4 nitrogen and oxygen atoms in total. The minimum Gasteiger partial charge on any atom is -0.361 e. The van der Waals surface area contributed by atoms with Crippen LogP contribution in [0.5, 0.6) is 0 Å². The molecule has 0 saturated carbocycles. The van der Waals surface area contributed by atoms with Gasteiger partial charge in [-0.15, -0.1) is 0 Å². The van der Waals surface area contributed by atoms with Gasteiger partial charge in [-0.2, -0.15) is 0 Å². The zero-order valence-electron chi connectivity index (χ0n) is 11.6. The molecule has 2 aromatic rings. The van der Waals surface area contributed by atoms with Crippen LogP contribution in [0.25, 0.3) is 10.9 Å². The fourth-order valence-electron chi connectivity index (χ4n) is 2.21. The van der Waals surface area contributed by atoms with Crippen molar-refractivity contribution in [3.63, 3.8) is 0 Å². The van der Waals surface area contributed by atoms with E-state index in [0.717, 1.165) is 35.3 Å². The highest BCUT2D eigenvalue weighted by atomic mass is 35.5. The number of nitrogens with one attached hydrogen (secondary N) is 3. The molecule has 5 heteroatoms. The molecular formula is C15H20ClN3O. The van der Waals surface area contributed by atoms with E-state index in [1.807, 2.05) is 31.4 Å². The van der Waals surface area contributed by atoms with Crippen LogP contribution in [0.1, 0.15) is 18.4 Å². The zero-order valence-corrected chi connectivity index (χ0v) is 12.4. The fourth-order valence-corrected chi connectivity index (χ4v) is 2.38. The summed E-state index contributed by atoms with van der Waals surface area (Å²) < 4.78 is 0. The number of halogens is 1. The van der Waals surface area contributed by atoms with Gasteiger partial charge in [0, 0.05) is 35.1 Å². The molecule has 1 amide bonds. The second kappa shape index (κ2) is 7.31. The molecular weight excluding hydrogens is 274 g/mol. The summed E-state index contributed by atoms with van der Waals surface area (Å²) in [6.45, 7) is 1.52. The molecule has 0 fully saturated rings. The molecule has 1 aromatic carbocycles. The monoisotopic (exact) mass is 293 g/mol. The average molecular weight is 294 g/mol. The molecule has 0 atom stereocenters. The molecule has 20 heavy (non-hydrogen) atoms. The van der Waals surface area contributed by atoms with Gasteiger partial charge in [0.2, 0.25) is 5.91 Å². The molecule has 0 spiro atoms. The topological polar surface area (TPSA) is 56.9 Å². The normalized spacial score (nSPS) is 10.9. The molecule has 2 rings (SSSR count). The highest BCUT2D eigenvalue weighted by Crippen LogP contribution is 2.22. The van der Waals surface area contributed by atoms with Crippen molar-refractivity contribution in [2.45, 2.75) is 19.3 Å². The number of benzene rings is 1. The number of aromatic nitrogens is 1. The molecule has 1 aromatic heterocycles. The van der Waals surface area contributed by atoms with Crippen LogP contribution in [0.3, 0.4) is 0 Å². The summed E-state index contributed by atoms with van der Waals surface area (Å²) >= 11 is 6.01. The van der Waals surface area contributed by atoms with Crippen molar-refractivity contribution < 1.29 is 4.79 Å². The SMILES string of the molecule is CNCCCC(=O)NCCc1c[nH]c2ccc(Cl)cc12. The molecule has 108 valence electrons. The first kappa shape index (κ1) is 14.9. The number of amides is 1. The van der Waals surface area contributed by atoms with Crippen LogP contribution in [-0.4, -0.2) is 31.0 Å². The van der Waals surface area contributed by atoms with Gasteiger partial charge in [0.15, 0.2) is 0 Å². The zero-order chi connectivity index (χ0) is 14.4. The summed E-state index contributed by atoms with van der Waals surface area (Å²) in [6.07, 6.45) is 4.22. The van der Waals surface area contributed by atoms with E-state index in [0.29, 0.717) is 13.0 Å². The number of fused-ring (bicyclic) bond motifs is 1. The summed E-state index contributed by atoms with van der Waals surface area (Å²) in [4.78, 5) is 14.8. The number of H-pyrrole nitrogens is 1. The van der Waals surface area contributed by atoms with Gasteiger partial charge in [-0.05, 0) is 50.2 Å². The molecule has 0 aliphatic carbocycles. The Morgan fingerprint density at radius 2 is 2.20 bits per heavy atom. The lowest BCUT2D eigenvalue weighted by Gasteiger charge is -2.05. The van der Waals surface area contributed by atoms with E-state index in [-0.39, 0.29) is 5.91 Å². The quantitative estimate of drug-likeness (QED) is 0.687. The van der Waals surface area contributed by atoms with Crippen molar-refractivity contribution in [2.24, 2.45) is 0 Å². The molecule has 0 radical (unpaired) electrons. The van der Waals surface area contributed by atoms with Crippen molar-refractivity contribution in [2.75, 3.05) is 20.1 Å². The molecule has 3 N–H and O–H groups in total. The second-order valence-corrected chi connectivity index (χ2v) is 5.25. The predicted molar refractivity (Wildman–Crippen MR) is 83.2 cm³/mol. The van der Waals surface area contributed by atoms with Crippen LogP contribution in [0.15, 0.2) is 24.4 Å². The van der Waals surface area contributed by atoms with Gasteiger partial charge in [0.1, 0.15) is 0 Å². The first-order chi connectivity index (χ1) is 9.70. The Balaban J connectivity index is 1.84. The van der Waals surface area contributed by atoms with Gasteiger partial charge in [0.25, 0.3) is 0 Å². The number of carbonyl (C=O) groups excluding carboxylic acids is 1. The van der Waals surface area contributed by atoms with Crippen LogP contribution in [0.2, 0.25) is 5.02 Å². The van der Waals surface area contributed by atoms with Gasteiger partial charge >= 0.3 is 0 Å². The van der Waals surface area contributed by atoms with Crippen LogP contribution in [0.4, 0.5) is 0 Å². The maximum atomic E-state index is 11.6. The van der Waals surface area contributed by atoms with Gasteiger partial charge in [-0.3, -0.25) is 4.79 Å². The third-order valence-corrected chi connectivity index (χ3v) is 3.51. The summed E-state index contributed by atoms with van der Waals surface area (Å²) in [5, 5.41) is 7.83. The molecule has 1 heterocycles. The van der Waals surface area contributed by atoms with Crippen LogP contribution in [0, 0.1) is 0 Å². The number of rotatable bonds is 7. The predicted octanol–water partition coefficient (Wildman–Crippen LogP) is 2.48. The molecule has 0 unspecified atom stereocenters. The van der Waals surface area contributed by atoms with Crippen molar-refractivity contribution >= 4 is 28.4 Å². The Morgan fingerprint density at radius 3 is 3.00 bits per heavy atom. The third-order valence-electron chi connectivity index (χ3n) is 3.28. The van der Waals surface area contributed by atoms with Gasteiger partial charge < -0.3 is 15.6 Å². The lowest BCUT2D eigenvalue weighted by atomic mass is 10.1. The summed E-state index contributed by atoms with van der Waals surface area (Å²) in [7, 11) is 1.89. The van der Waals surface area contributed by atoms with Crippen molar-refractivity contribution in [3.05, 3.63) is 35.0 Å². The van der Waals surface area contributed by atoms with Crippen molar-refractivity contribution in [3.8, 4) is 0 Å². The van der Waals surface area contributed by atoms with Crippen LogP contribution in [-0.2, 0) is 11.2 Å². The van der Waals surface area contributed by atoms with E-state index in [1.165, 1.54) is 5.56 Å². The van der Waals surface area contributed by atoms with Gasteiger partial charge in [0.05, 0.1) is 0 Å². The molecule has 0 saturated heterocycles. The second-order valence-electron chi connectivity index (χ2n) is 4.81. The smallest absolute Gasteiger partial charge is 0.220 e. The fraction of sp³-hybridized carbons (Fsp3) is 0.400. The van der Waals surface area contributed by atoms with E-state index in [4.69, 9.17) is 11.6 Å². The molecule has 0 aliphatic heterocycles. The highest BCUT2D eigenvalue weighted by molar-refractivity contribution is 6.31. The van der Waals surface area contributed by atoms with E-state index in [9.17, 15) is 4.79 Å². The Labute approximate surface area is 123 Å². The Bertz CT molecular complexity index is 580. The Morgan fingerprint density at radius 1 is 1.35 bits per heavy atom. The maximum Gasteiger partial charge on any atom is 0.220 e. The number of hydrogen-bond acceptors (Lipinski definition) is 2. The van der Waals surface area contributed by atoms with E-state index in [2.05, 4.69) is 15.6 Å². The lowest BCUT2D eigenvalue weighted by molar-refractivity contribution is -0.121.